The first kappa shape index (κ1) is 20.1. The molecule has 0 saturated heterocycles. The third kappa shape index (κ3) is 4.99. The van der Waals surface area contributed by atoms with Gasteiger partial charge in [0.2, 0.25) is 15.9 Å². The van der Waals surface area contributed by atoms with Crippen molar-refractivity contribution in [3.05, 3.63) is 59.2 Å². The number of benzene rings is 2. The molecular formula is C21H24N2O4S. The molecule has 0 atom stereocenters. The number of carbonyl (C=O) groups excluding carboxylic acids is 1. The van der Waals surface area contributed by atoms with E-state index in [-0.39, 0.29) is 16.8 Å². The molecule has 0 aliphatic heterocycles. The molecule has 1 aliphatic rings. The predicted molar refractivity (Wildman–Crippen MR) is 110 cm³/mol. The van der Waals surface area contributed by atoms with Gasteiger partial charge in [-0.3, -0.25) is 4.79 Å². The molecule has 1 saturated carbocycles. The molecule has 2 aromatic rings. The highest BCUT2D eigenvalue weighted by Crippen LogP contribution is 2.29. The highest BCUT2D eigenvalue weighted by molar-refractivity contribution is 7.89. The zero-order valence-electron chi connectivity index (χ0n) is 16.2. The van der Waals surface area contributed by atoms with Crippen LogP contribution in [0, 0.1) is 13.8 Å². The summed E-state index contributed by atoms with van der Waals surface area (Å²) in [5.74, 6) is 0.0154. The van der Waals surface area contributed by atoms with Crippen LogP contribution < -0.4 is 14.8 Å². The van der Waals surface area contributed by atoms with E-state index < -0.39 is 10.0 Å². The normalized spacial score (nSPS) is 14.2. The van der Waals surface area contributed by atoms with Gasteiger partial charge < -0.3 is 10.1 Å². The molecule has 28 heavy (non-hydrogen) atoms. The average molecular weight is 401 g/mol. The summed E-state index contributed by atoms with van der Waals surface area (Å²) < 4.78 is 32.7. The Morgan fingerprint density at radius 2 is 1.89 bits per heavy atom. The minimum absolute atomic E-state index is 0.00539. The fourth-order valence-electron chi connectivity index (χ4n) is 2.79. The molecule has 0 radical (unpaired) electrons. The van der Waals surface area contributed by atoms with Crippen molar-refractivity contribution in [2.45, 2.75) is 37.6 Å². The molecule has 0 unspecified atom stereocenters. The Hall–Kier alpha value is -2.64. The van der Waals surface area contributed by atoms with Crippen LogP contribution in [0.4, 0.5) is 5.69 Å². The maximum Gasteiger partial charge on any atom is 0.248 e. The van der Waals surface area contributed by atoms with E-state index in [0.29, 0.717) is 11.4 Å². The summed E-state index contributed by atoms with van der Waals surface area (Å²) in [6.45, 7) is 3.99. The fourth-order valence-corrected chi connectivity index (χ4v) is 4.12. The maximum atomic E-state index is 12.4. The van der Waals surface area contributed by atoms with Crippen LogP contribution >= 0.6 is 0 Å². The monoisotopic (exact) mass is 400 g/mol. The van der Waals surface area contributed by atoms with Crippen molar-refractivity contribution in [1.82, 2.24) is 4.72 Å². The second-order valence-electron chi connectivity index (χ2n) is 6.94. The van der Waals surface area contributed by atoms with Crippen LogP contribution in [0.1, 0.15) is 29.5 Å². The Labute approximate surface area is 165 Å². The van der Waals surface area contributed by atoms with Crippen molar-refractivity contribution in [1.29, 1.82) is 0 Å². The van der Waals surface area contributed by atoms with Gasteiger partial charge in [0.15, 0.2) is 0 Å². The van der Waals surface area contributed by atoms with Gasteiger partial charge >= 0.3 is 0 Å². The molecule has 0 bridgehead atoms. The number of carbonyl (C=O) groups is 1. The van der Waals surface area contributed by atoms with Gasteiger partial charge in [0.1, 0.15) is 5.75 Å². The second-order valence-corrected chi connectivity index (χ2v) is 8.65. The van der Waals surface area contributed by atoms with Gasteiger partial charge in [0.05, 0.1) is 17.7 Å². The molecule has 1 aliphatic carbocycles. The Bertz CT molecular complexity index is 1020. The zero-order valence-corrected chi connectivity index (χ0v) is 17.0. The second kappa shape index (κ2) is 8.16. The molecule has 148 valence electrons. The maximum absolute atomic E-state index is 12.4. The molecule has 1 fully saturated rings. The Balaban J connectivity index is 1.78. The topological polar surface area (TPSA) is 84.5 Å². The van der Waals surface area contributed by atoms with Gasteiger partial charge in [0.25, 0.3) is 0 Å². The number of ether oxygens (including phenoxy) is 1. The Morgan fingerprint density at radius 1 is 1.14 bits per heavy atom. The van der Waals surface area contributed by atoms with E-state index in [1.54, 1.807) is 6.08 Å². The number of amides is 1. The predicted octanol–water partition coefficient (Wildman–Crippen LogP) is 3.40. The summed E-state index contributed by atoms with van der Waals surface area (Å²) in [6.07, 6.45) is 4.84. The van der Waals surface area contributed by atoms with Crippen LogP contribution in [-0.2, 0) is 14.8 Å². The molecule has 7 heteroatoms. The van der Waals surface area contributed by atoms with E-state index in [9.17, 15) is 13.2 Å². The minimum atomic E-state index is -3.62. The molecule has 6 nitrogen and oxygen atoms in total. The first-order valence-electron chi connectivity index (χ1n) is 9.05. The number of rotatable bonds is 7. The number of hydrogen-bond donors (Lipinski definition) is 2. The van der Waals surface area contributed by atoms with Crippen molar-refractivity contribution in [3.63, 3.8) is 0 Å². The lowest BCUT2D eigenvalue weighted by Crippen LogP contribution is -2.25. The summed E-state index contributed by atoms with van der Waals surface area (Å²) in [4.78, 5) is 12.5. The highest BCUT2D eigenvalue weighted by atomic mass is 32.2. The molecule has 0 spiro atoms. The van der Waals surface area contributed by atoms with E-state index in [0.717, 1.165) is 29.5 Å². The summed E-state index contributed by atoms with van der Waals surface area (Å²) in [5, 5.41) is 2.70. The lowest BCUT2D eigenvalue weighted by atomic mass is 10.1. The van der Waals surface area contributed by atoms with Gasteiger partial charge in [0, 0.05) is 12.1 Å². The first-order valence-corrected chi connectivity index (χ1v) is 10.5. The molecule has 2 aromatic carbocycles. The minimum Gasteiger partial charge on any atom is -0.495 e. The van der Waals surface area contributed by atoms with E-state index in [1.807, 2.05) is 32.0 Å². The van der Waals surface area contributed by atoms with Crippen LogP contribution in [0.15, 0.2) is 47.4 Å². The van der Waals surface area contributed by atoms with Crippen molar-refractivity contribution < 1.29 is 17.9 Å². The largest absolute Gasteiger partial charge is 0.495 e. The summed E-state index contributed by atoms with van der Waals surface area (Å²) in [5.41, 5.74) is 3.47. The first-order chi connectivity index (χ1) is 13.3. The van der Waals surface area contributed by atoms with Gasteiger partial charge in [-0.1, -0.05) is 23.8 Å². The number of aryl methyl sites for hydroxylation is 2. The van der Waals surface area contributed by atoms with Crippen LogP contribution in [0.3, 0.4) is 0 Å². The van der Waals surface area contributed by atoms with Crippen LogP contribution in [-0.4, -0.2) is 27.5 Å². The molecular weight excluding hydrogens is 376 g/mol. The van der Waals surface area contributed by atoms with Gasteiger partial charge in [-0.2, -0.15) is 0 Å². The lowest BCUT2D eigenvalue weighted by Gasteiger charge is -2.12. The quantitative estimate of drug-likeness (QED) is 0.698. The highest BCUT2D eigenvalue weighted by Gasteiger charge is 2.28. The third-order valence-corrected chi connectivity index (χ3v) is 6.00. The van der Waals surface area contributed by atoms with E-state index in [4.69, 9.17) is 4.74 Å². The number of sulfonamides is 1. The van der Waals surface area contributed by atoms with Gasteiger partial charge in [-0.05, 0) is 62.1 Å². The summed E-state index contributed by atoms with van der Waals surface area (Å²) in [6, 6.07) is 10.4. The smallest absolute Gasteiger partial charge is 0.248 e. The van der Waals surface area contributed by atoms with Crippen molar-refractivity contribution in [3.8, 4) is 5.75 Å². The van der Waals surface area contributed by atoms with E-state index in [2.05, 4.69) is 10.0 Å². The third-order valence-electron chi connectivity index (χ3n) is 4.48. The number of nitrogens with one attached hydrogen (secondary N) is 2. The van der Waals surface area contributed by atoms with Gasteiger partial charge in [-0.25, -0.2) is 13.1 Å². The summed E-state index contributed by atoms with van der Waals surface area (Å²) in [7, 11) is -2.15. The number of methoxy groups -OCH3 is 1. The molecule has 0 heterocycles. The number of hydrogen-bond acceptors (Lipinski definition) is 4. The van der Waals surface area contributed by atoms with Crippen molar-refractivity contribution in [2.75, 3.05) is 12.4 Å². The fraction of sp³-hybridized carbons (Fsp3) is 0.286. The van der Waals surface area contributed by atoms with Crippen molar-refractivity contribution >= 4 is 27.7 Å². The SMILES string of the molecule is COc1ccc(S(=O)(=O)NC2CC2)cc1NC(=O)/C=C/c1ccc(C)cc1C. The van der Waals surface area contributed by atoms with Gasteiger partial charge in [-0.15, -0.1) is 0 Å². The van der Waals surface area contributed by atoms with E-state index in [1.165, 1.54) is 31.4 Å². The molecule has 3 rings (SSSR count). The standard InChI is InChI=1S/C21H24N2O4S/c1-14-4-5-16(15(2)12-14)6-11-21(24)22-19-13-18(9-10-20(19)27-3)28(25,26)23-17-7-8-17/h4-6,9-13,17,23H,7-8H2,1-3H3,(H,22,24)/b11-6+. The summed E-state index contributed by atoms with van der Waals surface area (Å²) >= 11 is 0. The Kier molecular flexibility index (Phi) is 5.86. The molecule has 2 N–H and O–H groups in total. The molecule has 1 amide bonds. The van der Waals surface area contributed by atoms with E-state index >= 15 is 0 Å². The van der Waals surface area contributed by atoms with Crippen LogP contribution in [0.5, 0.6) is 5.75 Å². The lowest BCUT2D eigenvalue weighted by molar-refractivity contribution is -0.111. The van der Waals surface area contributed by atoms with Crippen LogP contribution in [0.2, 0.25) is 0 Å². The van der Waals surface area contributed by atoms with Crippen LogP contribution in [0.25, 0.3) is 6.08 Å². The number of anilines is 1. The Morgan fingerprint density at radius 3 is 2.54 bits per heavy atom. The average Bonchev–Trinajstić information content (AvgIpc) is 3.44. The van der Waals surface area contributed by atoms with Crippen molar-refractivity contribution in [2.24, 2.45) is 0 Å². The molecule has 0 aromatic heterocycles. The zero-order chi connectivity index (χ0) is 20.3.